The van der Waals surface area contributed by atoms with Crippen LogP contribution in [0.25, 0.3) is 0 Å². The summed E-state index contributed by atoms with van der Waals surface area (Å²) in [4.78, 5) is 12.4. The summed E-state index contributed by atoms with van der Waals surface area (Å²) in [5.41, 5.74) is 0.154. The van der Waals surface area contributed by atoms with Gasteiger partial charge in [-0.1, -0.05) is 17.7 Å². The maximum Gasteiger partial charge on any atom is 0.253 e. The number of carbonyl (C=O) groups is 1. The monoisotopic (exact) mass is 407 g/mol. The third-order valence-electron chi connectivity index (χ3n) is 4.84. The summed E-state index contributed by atoms with van der Waals surface area (Å²) in [5.74, 6) is 0.984. The minimum Gasteiger partial charge on any atom is -0.493 e. The van der Waals surface area contributed by atoms with Gasteiger partial charge in [-0.3, -0.25) is 4.79 Å². The highest BCUT2D eigenvalue weighted by atomic mass is 35.5. The van der Waals surface area contributed by atoms with Crippen molar-refractivity contribution in [3.8, 4) is 17.2 Å². The molecule has 150 valence electrons. The van der Waals surface area contributed by atoms with Gasteiger partial charge in [-0.15, -0.1) is 0 Å². The Hall–Kier alpha value is -2.47. The quantitative estimate of drug-likeness (QED) is 0.759. The highest BCUT2D eigenvalue weighted by Gasteiger charge is 2.26. The van der Waals surface area contributed by atoms with Gasteiger partial charge in [0.2, 0.25) is 5.75 Å². The van der Waals surface area contributed by atoms with Crippen LogP contribution in [0.1, 0.15) is 36.0 Å². The van der Waals surface area contributed by atoms with Gasteiger partial charge in [-0.25, -0.2) is 4.39 Å². The van der Waals surface area contributed by atoms with E-state index in [0.29, 0.717) is 17.2 Å². The number of carbonyl (C=O) groups excluding carboxylic acids is 1. The number of methoxy groups -OCH3 is 2. The lowest BCUT2D eigenvalue weighted by Crippen LogP contribution is -2.39. The summed E-state index contributed by atoms with van der Waals surface area (Å²) in [6.45, 7) is 0. The lowest BCUT2D eigenvalue weighted by molar-refractivity contribution is 0.0891. The summed E-state index contributed by atoms with van der Waals surface area (Å²) < 4.78 is 30.2. The molecule has 0 radical (unpaired) electrons. The first-order valence-electron chi connectivity index (χ1n) is 9.15. The number of amides is 1. The van der Waals surface area contributed by atoms with Gasteiger partial charge in [0.15, 0.2) is 11.5 Å². The second-order valence-corrected chi connectivity index (χ2v) is 7.09. The lowest BCUT2D eigenvalue weighted by atomic mass is 9.92. The van der Waals surface area contributed by atoms with Crippen molar-refractivity contribution in [2.45, 2.75) is 37.8 Å². The van der Waals surface area contributed by atoms with Crippen LogP contribution in [-0.2, 0) is 0 Å². The van der Waals surface area contributed by atoms with Gasteiger partial charge in [0.05, 0.1) is 30.9 Å². The Morgan fingerprint density at radius 2 is 1.79 bits per heavy atom. The van der Waals surface area contributed by atoms with E-state index in [1.165, 1.54) is 12.1 Å². The predicted octanol–water partition coefficient (Wildman–Crippen LogP) is 4.62. The highest BCUT2D eigenvalue weighted by molar-refractivity contribution is 6.33. The van der Waals surface area contributed by atoms with E-state index in [0.717, 1.165) is 31.7 Å². The predicted molar refractivity (Wildman–Crippen MR) is 105 cm³/mol. The fourth-order valence-corrected chi connectivity index (χ4v) is 3.59. The Morgan fingerprint density at radius 3 is 2.46 bits per heavy atom. The summed E-state index contributed by atoms with van der Waals surface area (Å²) in [5, 5.41) is 3.18. The maximum atomic E-state index is 13.4. The van der Waals surface area contributed by atoms with Gasteiger partial charge < -0.3 is 19.5 Å². The summed E-state index contributed by atoms with van der Waals surface area (Å²) >= 11 is 6.01. The number of benzene rings is 2. The van der Waals surface area contributed by atoms with E-state index in [4.69, 9.17) is 25.8 Å². The van der Waals surface area contributed by atoms with Crippen molar-refractivity contribution < 1.29 is 23.4 Å². The van der Waals surface area contributed by atoms with E-state index in [2.05, 4.69) is 5.32 Å². The highest BCUT2D eigenvalue weighted by Crippen LogP contribution is 2.38. The van der Waals surface area contributed by atoms with Crippen LogP contribution in [0.3, 0.4) is 0 Å². The van der Waals surface area contributed by atoms with E-state index in [1.54, 1.807) is 14.2 Å². The molecule has 5 nitrogen and oxygen atoms in total. The van der Waals surface area contributed by atoms with E-state index < -0.39 is 5.82 Å². The van der Waals surface area contributed by atoms with Crippen molar-refractivity contribution in [2.75, 3.05) is 14.2 Å². The minimum absolute atomic E-state index is 0.00103. The van der Waals surface area contributed by atoms with Gasteiger partial charge in [0, 0.05) is 6.04 Å². The molecule has 1 aliphatic rings. The smallest absolute Gasteiger partial charge is 0.253 e. The van der Waals surface area contributed by atoms with Gasteiger partial charge in [-0.2, -0.15) is 0 Å². The van der Waals surface area contributed by atoms with Crippen LogP contribution in [-0.4, -0.2) is 32.3 Å². The number of nitrogens with one attached hydrogen (secondary N) is 1. The molecule has 0 bridgehead atoms. The van der Waals surface area contributed by atoms with E-state index in [9.17, 15) is 9.18 Å². The SMILES string of the molecule is COc1cccc(OC2CCC(NC(=O)c3cc(F)ccc3Cl)CC2)c1OC. The molecule has 7 heteroatoms. The number of halogens is 2. The zero-order valence-corrected chi connectivity index (χ0v) is 16.6. The standard InChI is InChI=1S/C21H23ClFNO4/c1-26-18-4-3-5-19(20(18)27-2)28-15-9-7-14(8-10-15)24-21(25)16-12-13(23)6-11-17(16)22/h3-6,11-12,14-15H,7-10H2,1-2H3,(H,24,25). The van der Waals surface area contributed by atoms with Crippen molar-refractivity contribution in [2.24, 2.45) is 0 Å². The molecule has 0 aromatic heterocycles. The van der Waals surface area contributed by atoms with Gasteiger partial charge in [0.25, 0.3) is 5.91 Å². The first kappa shape index (κ1) is 20.3. The third kappa shape index (κ3) is 4.68. The molecule has 1 N–H and O–H groups in total. The Bertz CT molecular complexity index is 837. The zero-order chi connectivity index (χ0) is 20.1. The first-order valence-corrected chi connectivity index (χ1v) is 9.53. The van der Waals surface area contributed by atoms with Crippen LogP contribution in [0.15, 0.2) is 36.4 Å². The molecule has 0 aliphatic heterocycles. The third-order valence-corrected chi connectivity index (χ3v) is 5.17. The lowest BCUT2D eigenvalue weighted by Gasteiger charge is -2.30. The molecule has 1 saturated carbocycles. The van der Waals surface area contributed by atoms with Crippen molar-refractivity contribution in [1.29, 1.82) is 0 Å². The second-order valence-electron chi connectivity index (χ2n) is 6.68. The van der Waals surface area contributed by atoms with Crippen LogP contribution in [0.4, 0.5) is 4.39 Å². The van der Waals surface area contributed by atoms with E-state index in [-0.39, 0.29) is 28.6 Å². The Kier molecular flexibility index (Phi) is 6.62. The average Bonchev–Trinajstić information content (AvgIpc) is 2.71. The molecule has 0 atom stereocenters. The maximum absolute atomic E-state index is 13.4. The van der Waals surface area contributed by atoms with Crippen LogP contribution < -0.4 is 19.5 Å². The number of hydrogen-bond acceptors (Lipinski definition) is 4. The Morgan fingerprint density at radius 1 is 1.07 bits per heavy atom. The van der Waals surface area contributed by atoms with Crippen molar-refractivity contribution >= 4 is 17.5 Å². The number of rotatable bonds is 6. The molecule has 2 aromatic carbocycles. The molecule has 1 aliphatic carbocycles. The molecule has 0 heterocycles. The second kappa shape index (κ2) is 9.15. The average molecular weight is 408 g/mol. The Balaban J connectivity index is 1.56. The zero-order valence-electron chi connectivity index (χ0n) is 15.8. The molecule has 0 saturated heterocycles. The van der Waals surface area contributed by atoms with Crippen molar-refractivity contribution in [3.63, 3.8) is 0 Å². The molecule has 28 heavy (non-hydrogen) atoms. The van der Waals surface area contributed by atoms with Crippen LogP contribution in [0, 0.1) is 5.82 Å². The molecule has 0 unspecified atom stereocenters. The number of ether oxygens (including phenoxy) is 3. The molecular formula is C21H23ClFNO4. The summed E-state index contributed by atoms with van der Waals surface area (Å²) in [6.07, 6.45) is 3.10. The van der Waals surface area contributed by atoms with Crippen LogP contribution >= 0.6 is 11.6 Å². The van der Waals surface area contributed by atoms with Gasteiger partial charge in [-0.05, 0) is 56.0 Å². The number of hydrogen-bond donors (Lipinski definition) is 1. The van der Waals surface area contributed by atoms with Crippen molar-refractivity contribution in [3.05, 3.63) is 52.8 Å². The first-order chi connectivity index (χ1) is 13.5. The molecule has 2 aromatic rings. The molecule has 1 amide bonds. The Labute approximate surface area is 168 Å². The fraction of sp³-hybridized carbons (Fsp3) is 0.381. The van der Waals surface area contributed by atoms with Crippen molar-refractivity contribution in [1.82, 2.24) is 5.32 Å². The van der Waals surface area contributed by atoms with Gasteiger partial charge >= 0.3 is 0 Å². The summed E-state index contributed by atoms with van der Waals surface area (Å²) in [7, 11) is 3.16. The molecule has 1 fully saturated rings. The van der Waals surface area contributed by atoms with Crippen LogP contribution in [0.5, 0.6) is 17.2 Å². The van der Waals surface area contributed by atoms with Crippen LogP contribution in [0.2, 0.25) is 5.02 Å². The minimum atomic E-state index is -0.487. The largest absolute Gasteiger partial charge is 0.493 e. The number of para-hydroxylation sites is 1. The fourth-order valence-electron chi connectivity index (χ4n) is 3.39. The normalized spacial score (nSPS) is 19.0. The van der Waals surface area contributed by atoms with E-state index >= 15 is 0 Å². The molecule has 0 spiro atoms. The summed E-state index contributed by atoms with van der Waals surface area (Å²) in [6, 6.07) is 9.29. The van der Waals surface area contributed by atoms with E-state index in [1.807, 2.05) is 18.2 Å². The molecule has 3 rings (SSSR count). The molecular weight excluding hydrogens is 385 g/mol. The topological polar surface area (TPSA) is 56.8 Å². The van der Waals surface area contributed by atoms with Gasteiger partial charge in [0.1, 0.15) is 5.82 Å².